The number of hydrogen-bond donors (Lipinski definition) is 1. The molecule has 1 N–H and O–H groups in total. The minimum absolute atomic E-state index is 0.136. The van der Waals surface area contributed by atoms with Gasteiger partial charge in [-0.25, -0.2) is 9.97 Å². The van der Waals surface area contributed by atoms with Gasteiger partial charge in [-0.3, -0.25) is 0 Å². The van der Waals surface area contributed by atoms with Gasteiger partial charge in [-0.1, -0.05) is 33.4 Å². The molecule has 0 aliphatic rings. The van der Waals surface area contributed by atoms with E-state index in [4.69, 9.17) is 11.6 Å². The Balaban J connectivity index is 3.04. The van der Waals surface area contributed by atoms with Crippen molar-refractivity contribution in [1.82, 2.24) is 9.97 Å². The van der Waals surface area contributed by atoms with Crippen LogP contribution in [0.5, 0.6) is 0 Å². The maximum absolute atomic E-state index is 11.1. The highest BCUT2D eigenvalue weighted by Gasteiger charge is 2.25. The Kier molecular flexibility index (Phi) is 4.23. The van der Waals surface area contributed by atoms with Gasteiger partial charge in [0.05, 0.1) is 6.04 Å². The second-order valence-electron chi connectivity index (χ2n) is 4.77. The van der Waals surface area contributed by atoms with Crippen LogP contribution in [-0.2, 0) is 4.79 Å². The third kappa shape index (κ3) is 3.53. The summed E-state index contributed by atoms with van der Waals surface area (Å²) in [5.74, 6) is 0.520. The number of rotatable bonds is 4. The van der Waals surface area contributed by atoms with Gasteiger partial charge in [-0.15, -0.1) is 0 Å². The molecular formula is C12H16ClN3O. The molecule has 0 saturated carbocycles. The fourth-order valence-corrected chi connectivity index (χ4v) is 1.37. The molecule has 0 aromatic carbocycles. The smallest absolute Gasteiger partial charge is 0.224 e. The number of nitrogens with one attached hydrogen (secondary N) is 1. The molecule has 0 spiro atoms. The highest BCUT2D eigenvalue weighted by atomic mass is 35.5. The van der Waals surface area contributed by atoms with Gasteiger partial charge >= 0.3 is 0 Å². The second-order valence-corrected chi connectivity index (χ2v) is 5.11. The highest BCUT2D eigenvalue weighted by Crippen LogP contribution is 2.23. The maximum atomic E-state index is 11.1. The molecule has 1 aromatic heterocycles. The number of nitrogens with zero attached hydrogens (tertiary/aromatic N) is 2. The standard InChI is InChI=1S/C12H16ClN3O/c1-5-8-6-14-11(13)16-10(8)15-9(7-17)12(2,3)4/h5-7,9H,1H2,2-4H3,(H,14,15,16). The summed E-state index contributed by atoms with van der Waals surface area (Å²) in [6.45, 7) is 9.57. The van der Waals surface area contributed by atoms with Crippen LogP contribution in [-0.4, -0.2) is 22.3 Å². The zero-order valence-corrected chi connectivity index (χ0v) is 11.0. The van der Waals surface area contributed by atoms with Crippen molar-refractivity contribution in [3.8, 4) is 0 Å². The van der Waals surface area contributed by atoms with Crippen LogP contribution in [0.2, 0.25) is 5.28 Å². The molecule has 0 aliphatic carbocycles. The Bertz CT molecular complexity index is 426. The third-order valence-electron chi connectivity index (χ3n) is 2.37. The number of aromatic nitrogens is 2. The number of carbonyl (C=O) groups excluding carboxylic acids is 1. The van der Waals surface area contributed by atoms with E-state index in [9.17, 15) is 4.79 Å². The lowest BCUT2D eigenvalue weighted by molar-refractivity contribution is -0.110. The van der Waals surface area contributed by atoms with Gasteiger partial charge in [0, 0.05) is 11.8 Å². The molecule has 1 unspecified atom stereocenters. The molecule has 4 nitrogen and oxygen atoms in total. The topological polar surface area (TPSA) is 54.9 Å². The summed E-state index contributed by atoms with van der Waals surface area (Å²) >= 11 is 5.73. The Morgan fingerprint density at radius 3 is 2.65 bits per heavy atom. The maximum Gasteiger partial charge on any atom is 0.224 e. The van der Waals surface area contributed by atoms with Crippen molar-refractivity contribution in [2.75, 3.05) is 5.32 Å². The predicted octanol–water partition coefficient (Wildman–Crippen LogP) is 2.80. The summed E-state index contributed by atoms with van der Waals surface area (Å²) in [7, 11) is 0. The first-order valence-electron chi connectivity index (χ1n) is 5.25. The molecule has 1 rings (SSSR count). The van der Waals surface area contributed by atoms with Crippen molar-refractivity contribution in [3.05, 3.63) is 23.6 Å². The van der Waals surface area contributed by atoms with E-state index in [1.54, 1.807) is 12.3 Å². The van der Waals surface area contributed by atoms with Crippen LogP contribution in [0.1, 0.15) is 26.3 Å². The molecule has 0 aliphatic heterocycles. The van der Waals surface area contributed by atoms with Crippen molar-refractivity contribution in [3.63, 3.8) is 0 Å². The lowest BCUT2D eigenvalue weighted by atomic mass is 9.87. The fourth-order valence-electron chi connectivity index (χ4n) is 1.24. The molecular weight excluding hydrogens is 238 g/mol. The molecule has 1 heterocycles. The highest BCUT2D eigenvalue weighted by molar-refractivity contribution is 6.28. The molecule has 17 heavy (non-hydrogen) atoms. The Morgan fingerprint density at radius 1 is 1.53 bits per heavy atom. The lowest BCUT2D eigenvalue weighted by Crippen LogP contribution is -2.35. The SMILES string of the molecule is C=Cc1cnc(Cl)nc1NC(C=O)C(C)(C)C. The molecule has 0 saturated heterocycles. The Hall–Kier alpha value is -1.42. The number of halogens is 1. The van der Waals surface area contributed by atoms with E-state index in [1.807, 2.05) is 20.8 Å². The minimum Gasteiger partial charge on any atom is -0.359 e. The van der Waals surface area contributed by atoms with Crippen LogP contribution >= 0.6 is 11.6 Å². The molecule has 1 atom stereocenters. The van der Waals surface area contributed by atoms with Crippen molar-refractivity contribution < 1.29 is 4.79 Å². The fraction of sp³-hybridized carbons (Fsp3) is 0.417. The van der Waals surface area contributed by atoms with Crippen LogP contribution in [0, 0.1) is 5.41 Å². The second kappa shape index (κ2) is 5.27. The number of carbonyl (C=O) groups is 1. The van der Waals surface area contributed by atoms with Gasteiger partial charge < -0.3 is 10.1 Å². The molecule has 0 fully saturated rings. The summed E-state index contributed by atoms with van der Waals surface area (Å²) in [6, 6.07) is -0.354. The average Bonchev–Trinajstić information content (AvgIpc) is 2.24. The van der Waals surface area contributed by atoms with Gasteiger partial charge in [0.2, 0.25) is 5.28 Å². The number of anilines is 1. The van der Waals surface area contributed by atoms with E-state index in [-0.39, 0.29) is 16.7 Å². The summed E-state index contributed by atoms with van der Waals surface area (Å²) in [5.41, 5.74) is 0.503. The van der Waals surface area contributed by atoms with Crippen molar-refractivity contribution in [2.24, 2.45) is 5.41 Å². The van der Waals surface area contributed by atoms with Crippen molar-refractivity contribution in [2.45, 2.75) is 26.8 Å². The summed E-state index contributed by atoms with van der Waals surface area (Å²) in [6.07, 6.45) is 4.04. The third-order valence-corrected chi connectivity index (χ3v) is 2.55. The normalized spacial score (nSPS) is 12.9. The van der Waals surface area contributed by atoms with E-state index >= 15 is 0 Å². The molecule has 92 valence electrons. The molecule has 0 radical (unpaired) electrons. The van der Waals surface area contributed by atoms with Crippen LogP contribution in [0.3, 0.4) is 0 Å². The van der Waals surface area contributed by atoms with E-state index in [1.165, 1.54) is 0 Å². The van der Waals surface area contributed by atoms with Gasteiger partial charge in [0.25, 0.3) is 0 Å². The summed E-state index contributed by atoms with van der Waals surface area (Å²) in [4.78, 5) is 19.0. The number of aldehydes is 1. The van der Waals surface area contributed by atoms with E-state index in [0.29, 0.717) is 11.4 Å². The molecule has 5 heteroatoms. The van der Waals surface area contributed by atoms with E-state index in [2.05, 4.69) is 21.9 Å². The van der Waals surface area contributed by atoms with Gasteiger partial charge in [-0.05, 0) is 17.0 Å². The summed E-state index contributed by atoms with van der Waals surface area (Å²) in [5, 5.41) is 3.19. The van der Waals surface area contributed by atoms with Gasteiger partial charge in [0.15, 0.2) is 0 Å². The Labute approximate surface area is 106 Å². The van der Waals surface area contributed by atoms with Crippen LogP contribution in [0.25, 0.3) is 6.08 Å². The van der Waals surface area contributed by atoms with Gasteiger partial charge in [0.1, 0.15) is 12.1 Å². The van der Waals surface area contributed by atoms with Crippen LogP contribution in [0.15, 0.2) is 12.8 Å². The average molecular weight is 254 g/mol. The number of hydrogen-bond acceptors (Lipinski definition) is 4. The monoisotopic (exact) mass is 253 g/mol. The Morgan fingerprint density at radius 2 is 2.18 bits per heavy atom. The first-order chi connectivity index (χ1) is 7.88. The molecule has 1 aromatic rings. The quantitative estimate of drug-likeness (QED) is 0.662. The van der Waals surface area contributed by atoms with E-state index in [0.717, 1.165) is 6.29 Å². The summed E-state index contributed by atoms with van der Waals surface area (Å²) < 4.78 is 0. The molecule has 0 amide bonds. The first kappa shape index (κ1) is 13.6. The first-order valence-corrected chi connectivity index (χ1v) is 5.63. The van der Waals surface area contributed by atoms with Crippen LogP contribution in [0.4, 0.5) is 5.82 Å². The van der Waals surface area contributed by atoms with E-state index < -0.39 is 0 Å². The largest absolute Gasteiger partial charge is 0.359 e. The van der Waals surface area contributed by atoms with Crippen molar-refractivity contribution in [1.29, 1.82) is 0 Å². The van der Waals surface area contributed by atoms with Crippen LogP contribution < -0.4 is 5.32 Å². The lowest BCUT2D eigenvalue weighted by Gasteiger charge is -2.27. The van der Waals surface area contributed by atoms with Crippen molar-refractivity contribution >= 4 is 29.8 Å². The predicted molar refractivity (Wildman–Crippen MR) is 70.1 cm³/mol. The minimum atomic E-state index is -0.354. The van der Waals surface area contributed by atoms with Gasteiger partial charge in [-0.2, -0.15) is 0 Å². The zero-order valence-electron chi connectivity index (χ0n) is 10.2. The molecule has 0 bridgehead atoms. The zero-order chi connectivity index (χ0) is 13.1.